The van der Waals surface area contributed by atoms with Gasteiger partial charge >= 0.3 is 0 Å². The Kier molecular flexibility index (Phi) is 3.94. The maximum absolute atomic E-state index is 8.85. The average Bonchev–Trinajstić information content (AvgIpc) is 2.45. The molecule has 1 N–H and O–H groups in total. The number of methoxy groups -OCH3 is 1. The van der Waals surface area contributed by atoms with Crippen LogP contribution in [0.2, 0.25) is 0 Å². The van der Waals surface area contributed by atoms with Crippen molar-refractivity contribution in [3.63, 3.8) is 0 Å². The second-order valence-corrected chi connectivity index (χ2v) is 4.03. The van der Waals surface area contributed by atoms with Crippen molar-refractivity contribution in [3.8, 4) is 11.8 Å². The fraction of sp³-hybridized carbons (Fsp3) is 0.214. The summed E-state index contributed by atoms with van der Waals surface area (Å²) in [5.74, 6) is 1.29. The number of aromatic nitrogens is 2. The maximum Gasteiger partial charge on any atom is 0.224 e. The van der Waals surface area contributed by atoms with Crippen molar-refractivity contribution in [1.82, 2.24) is 9.97 Å². The summed E-state index contributed by atoms with van der Waals surface area (Å²) in [4.78, 5) is 8.33. The third-order valence-corrected chi connectivity index (χ3v) is 2.58. The number of hydrogen-bond donors (Lipinski definition) is 1. The van der Waals surface area contributed by atoms with Gasteiger partial charge in [-0.1, -0.05) is 12.1 Å². The Bertz CT molecular complexity index is 602. The lowest BCUT2D eigenvalue weighted by molar-refractivity contribution is 0.414. The summed E-state index contributed by atoms with van der Waals surface area (Å²) in [7, 11) is 1.64. The molecule has 0 amide bonds. The smallest absolute Gasteiger partial charge is 0.224 e. The van der Waals surface area contributed by atoms with Crippen LogP contribution in [0.5, 0.6) is 5.75 Å². The number of nitriles is 1. The van der Waals surface area contributed by atoms with Gasteiger partial charge in [0.25, 0.3) is 0 Å². The van der Waals surface area contributed by atoms with E-state index in [0.717, 1.165) is 17.0 Å². The van der Waals surface area contributed by atoms with Crippen molar-refractivity contribution in [2.45, 2.75) is 13.5 Å². The highest BCUT2D eigenvalue weighted by Crippen LogP contribution is 2.12. The zero-order chi connectivity index (χ0) is 13.7. The largest absolute Gasteiger partial charge is 0.497 e. The van der Waals surface area contributed by atoms with E-state index in [1.807, 2.05) is 37.3 Å². The molecular weight excluding hydrogens is 240 g/mol. The van der Waals surface area contributed by atoms with E-state index >= 15 is 0 Å². The van der Waals surface area contributed by atoms with Crippen LogP contribution in [0.15, 0.2) is 30.3 Å². The normalized spacial score (nSPS) is 9.74. The first-order valence-electron chi connectivity index (χ1n) is 5.84. The summed E-state index contributed by atoms with van der Waals surface area (Å²) in [6.07, 6.45) is 0. The van der Waals surface area contributed by atoms with Crippen molar-refractivity contribution < 1.29 is 4.74 Å². The van der Waals surface area contributed by atoms with Crippen LogP contribution in [0.25, 0.3) is 0 Å². The third-order valence-electron chi connectivity index (χ3n) is 2.58. The molecule has 0 saturated heterocycles. The number of nitrogens with zero attached hydrogens (tertiary/aromatic N) is 3. The van der Waals surface area contributed by atoms with Crippen molar-refractivity contribution >= 4 is 5.95 Å². The molecule has 19 heavy (non-hydrogen) atoms. The van der Waals surface area contributed by atoms with Crippen LogP contribution in [-0.4, -0.2) is 17.1 Å². The number of ether oxygens (including phenoxy) is 1. The number of anilines is 1. The lowest BCUT2D eigenvalue weighted by Crippen LogP contribution is -2.05. The molecule has 96 valence electrons. The fourth-order valence-electron chi connectivity index (χ4n) is 1.63. The highest BCUT2D eigenvalue weighted by atomic mass is 16.5. The van der Waals surface area contributed by atoms with E-state index in [4.69, 9.17) is 10.00 Å². The van der Waals surface area contributed by atoms with Crippen LogP contribution in [0.4, 0.5) is 5.95 Å². The second kappa shape index (κ2) is 5.83. The summed E-state index contributed by atoms with van der Waals surface area (Å²) in [5, 5.41) is 11.9. The number of rotatable bonds is 4. The van der Waals surface area contributed by atoms with Gasteiger partial charge in [-0.2, -0.15) is 5.26 Å². The van der Waals surface area contributed by atoms with Gasteiger partial charge in [-0.15, -0.1) is 0 Å². The monoisotopic (exact) mass is 254 g/mol. The highest BCUT2D eigenvalue weighted by molar-refractivity contribution is 5.35. The molecule has 0 spiro atoms. The van der Waals surface area contributed by atoms with Crippen LogP contribution in [0, 0.1) is 18.3 Å². The van der Waals surface area contributed by atoms with Crippen LogP contribution in [0.1, 0.15) is 17.0 Å². The van der Waals surface area contributed by atoms with Crippen molar-refractivity contribution in [2.75, 3.05) is 12.4 Å². The van der Waals surface area contributed by atoms with Gasteiger partial charge in [-0.3, -0.25) is 0 Å². The van der Waals surface area contributed by atoms with Gasteiger partial charge in [0.1, 0.15) is 17.5 Å². The Labute approximate surface area is 111 Å². The third kappa shape index (κ3) is 3.42. The molecule has 0 unspecified atom stereocenters. The van der Waals surface area contributed by atoms with Crippen LogP contribution >= 0.6 is 0 Å². The minimum atomic E-state index is 0.365. The molecule has 5 heteroatoms. The van der Waals surface area contributed by atoms with Gasteiger partial charge in [-0.05, 0) is 30.7 Å². The zero-order valence-corrected chi connectivity index (χ0v) is 10.8. The molecule has 0 aliphatic heterocycles. The number of nitrogens with one attached hydrogen (secondary N) is 1. The van der Waals surface area contributed by atoms with E-state index in [2.05, 4.69) is 15.3 Å². The van der Waals surface area contributed by atoms with E-state index in [0.29, 0.717) is 18.2 Å². The first kappa shape index (κ1) is 12.8. The van der Waals surface area contributed by atoms with E-state index < -0.39 is 0 Å². The molecule has 0 aliphatic carbocycles. The van der Waals surface area contributed by atoms with Crippen molar-refractivity contribution in [1.29, 1.82) is 5.26 Å². The van der Waals surface area contributed by atoms with Gasteiger partial charge in [0.15, 0.2) is 0 Å². The fourth-order valence-corrected chi connectivity index (χ4v) is 1.63. The molecule has 1 aromatic carbocycles. The van der Waals surface area contributed by atoms with Crippen molar-refractivity contribution in [2.24, 2.45) is 0 Å². The van der Waals surface area contributed by atoms with Crippen molar-refractivity contribution in [3.05, 3.63) is 47.3 Å². The Balaban J connectivity index is 2.05. The van der Waals surface area contributed by atoms with E-state index in [1.165, 1.54) is 0 Å². The van der Waals surface area contributed by atoms with Crippen LogP contribution in [0.3, 0.4) is 0 Å². The molecule has 0 atom stereocenters. The standard InChI is InChI=1S/C14H14N4O/c1-10-7-12(8-15)18-14(17-10)16-9-11-3-5-13(19-2)6-4-11/h3-7H,9H2,1-2H3,(H,16,17,18). The second-order valence-electron chi connectivity index (χ2n) is 4.03. The molecule has 2 aromatic rings. The molecule has 1 heterocycles. The van der Waals surface area contributed by atoms with Gasteiger partial charge in [0.05, 0.1) is 7.11 Å². The van der Waals surface area contributed by atoms with E-state index in [9.17, 15) is 0 Å². The SMILES string of the molecule is COc1ccc(CNc2nc(C)cc(C#N)n2)cc1. The summed E-state index contributed by atoms with van der Waals surface area (Å²) in [6.45, 7) is 2.43. The lowest BCUT2D eigenvalue weighted by Gasteiger charge is -2.06. The maximum atomic E-state index is 8.85. The van der Waals surface area contributed by atoms with Crippen LogP contribution < -0.4 is 10.1 Å². The molecule has 1 aromatic heterocycles. The molecule has 0 aliphatic rings. The Morgan fingerprint density at radius 2 is 2.00 bits per heavy atom. The lowest BCUT2D eigenvalue weighted by atomic mass is 10.2. The average molecular weight is 254 g/mol. The zero-order valence-electron chi connectivity index (χ0n) is 10.8. The Morgan fingerprint density at radius 3 is 2.63 bits per heavy atom. The topological polar surface area (TPSA) is 70.8 Å². The molecular formula is C14H14N4O. The number of hydrogen-bond acceptors (Lipinski definition) is 5. The van der Waals surface area contributed by atoms with E-state index in [-0.39, 0.29) is 0 Å². The van der Waals surface area contributed by atoms with Crippen LogP contribution in [-0.2, 0) is 6.54 Å². The molecule has 2 rings (SSSR count). The molecule has 0 bridgehead atoms. The Morgan fingerprint density at radius 1 is 1.26 bits per heavy atom. The van der Waals surface area contributed by atoms with Gasteiger partial charge in [0.2, 0.25) is 5.95 Å². The predicted molar refractivity (Wildman–Crippen MR) is 71.8 cm³/mol. The number of aryl methyl sites for hydroxylation is 1. The van der Waals surface area contributed by atoms with Gasteiger partial charge in [-0.25, -0.2) is 9.97 Å². The minimum absolute atomic E-state index is 0.365. The summed E-state index contributed by atoms with van der Waals surface area (Å²) >= 11 is 0. The highest BCUT2D eigenvalue weighted by Gasteiger charge is 2.01. The first-order chi connectivity index (χ1) is 9.21. The summed E-state index contributed by atoms with van der Waals surface area (Å²) in [5.41, 5.74) is 2.22. The minimum Gasteiger partial charge on any atom is -0.497 e. The predicted octanol–water partition coefficient (Wildman–Crippen LogP) is 2.28. The molecule has 0 saturated carbocycles. The quantitative estimate of drug-likeness (QED) is 0.906. The summed E-state index contributed by atoms with van der Waals surface area (Å²) < 4.78 is 5.10. The van der Waals surface area contributed by atoms with Gasteiger partial charge in [0, 0.05) is 12.2 Å². The molecule has 0 radical (unpaired) electrons. The summed E-state index contributed by atoms with van der Waals surface area (Å²) in [6, 6.07) is 11.4. The first-order valence-corrected chi connectivity index (χ1v) is 5.84. The molecule has 0 fully saturated rings. The van der Waals surface area contributed by atoms with Gasteiger partial charge < -0.3 is 10.1 Å². The Hall–Kier alpha value is -2.61. The molecule has 5 nitrogen and oxygen atoms in total. The number of benzene rings is 1. The van der Waals surface area contributed by atoms with E-state index in [1.54, 1.807) is 13.2 Å².